The Morgan fingerprint density at radius 1 is 0.556 bits per heavy atom. The Morgan fingerprint density at radius 2 is 0.963 bits per heavy atom. The lowest BCUT2D eigenvalue weighted by molar-refractivity contribution is -0.732. The maximum atomic E-state index is 5.70. The molecule has 0 amide bonds. The van der Waals surface area contributed by atoms with Crippen molar-refractivity contribution in [2.24, 2.45) is 0 Å². The molecule has 0 aromatic carbocycles. The van der Waals surface area contributed by atoms with E-state index in [1.807, 2.05) is 30.6 Å². The SMILES string of the molecule is CCCCCCCCCCCCCCCCCCOC[n+]1ccccc1.[Br-]. The van der Waals surface area contributed by atoms with Gasteiger partial charge in [0.05, 0.1) is 6.61 Å². The number of ether oxygens (including phenoxy) is 1. The molecular formula is C24H44BrNO. The maximum Gasteiger partial charge on any atom is 0.252 e. The van der Waals surface area contributed by atoms with Crippen LogP contribution in [0, 0.1) is 0 Å². The van der Waals surface area contributed by atoms with Crippen molar-refractivity contribution >= 4 is 0 Å². The molecule has 0 aliphatic heterocycles. The summed E-state index contributed by atoms with van der Waals surface area (Å²) in [6.45, 7) is 3.86. The van der Waals surface area contributed by atoms with Crippen molar-refractivity contribution in [3.05, 3.63) is 30.6 Å². The molecule has 1 heterocycles. The molecule has 2 nitrogen and oxygen atoms in total. The van der Waals surface area contributed by atoms with Crippen LogP contribution in [0.1, 0.15) is 110 Å². The third kappa shape index (κ3) is 18.7. The monoisotopic (exact) mass is 441 g/mol. The fourth-order valence-corrected chi connectivity index (χ4v) is 3.44. The number of halogens is 1. The van der Waals surface area contributed by atoms with Crippen LogP contribution in [0.3, 0.4) is 0 Å². The molecule has 0 fully saturated rings. The van der Waals surface area contributed by atoms with Gasteiger partial charge in [-0.25, -0.2) is 0 Å². The van der Waals surface area contributed by atoms with Crippen LogP contribution in [-0.4, -0.2) is 6.61 Å². The lowest BCUT2D eigenvalue weighted by Gasteiger charge is -2.04. The van der Waals surface area contributed by atoms with Crippen LogP contribution in [0.5, 0.6) is 0 Å². The van der Waals surface area contributed by atoms with Gasteiger partial charge in [0.1, 0.15) is 0 Å². The summed E-state index contributed by atoms with van der Waals surface area (Å²) in [5.74, 6) is 0. The van der Waals surface area contributed by atoms with Crippen molar-refractivity contribution in [3.8, 4) is 0 Å². The highest BCUT2D eigenvalue weighted by Gasteiger charge is 1.97. The predicted octanol–water partition coefficient (Wildman–Crippen LogP) is 4.21. The molecule has 1 aromatic rings. The lowest BCUT2D eigenvalue weighted by Crippen LogP contribution is -3.00. The number of hydrogen-bond donors (Lipinski definition) is 0. The number of hydrogen-bond acceptors (Lipinski definition) is 1. The van der Waals surface area contributed by atoms with Crippen LogP contribution in [-0.2, 0) is 11.5 Å². The van der Waals surface area contributed by atoms with Crippen LogP contribution in [0.15, 0.2) is 30.6 Å². The number of pyridine rings is 1. The molecule has 0 atom stereocenters. The minimum atomic E-state index is 0. The second-order valence-corrected chi connectivity index (χ2v) is 7.73. The van der Waals surface area contributed by atoms with Gasteiger partial charge in [0, 0.05) is 12.1 Å². The summed E-state index contributed by atoms with van der Waals surface area (Å²) in [6, 6.07) is 6.11. The smallest absolute Gasteiger partial charge is 0.252 e. The van der Waals surface area contributed by atoms with Gasteiger partial charge in [0.2, 0.25) is 0 Å². The Kier molecular flexibility index (Phi) is 21.6. The lowest BCUT2D eigenvalue weighted by atomic mass is 10.0. The van der Waals surface area contributed by atoms with Crippen molar-refractivity contribution < 1.29 is 26.3 Å². The van der Waals surface area contributed by atoms with E-state index in [0.717, 1.165) is 6.61 Å². The first-order valence-corrected chi connectivity index (χ1v) is 11.5. The molecule has 0 N–H and O–H groups in total. The van der Waals surface area contributed by atoms with E-state index in [-0.39, 0.29) is 17.0 Å². The summed E-state index contributed by atoms with van der Waals surface area (Å²) in [4.78, 5) is 0. The first kappa shape index (κ1) is 26.6. The summed E-state index contributed by atoms with van der Waals surface area (Å²) >= 11 is 0. The van der Waals surface area contributed by atoms with Crippen LogP contribution in [0.4, 0.5) is 0 Å². The molecule has 3 heteroatoms. The molecule has 0 unspecified atom stereocenters. The minimum Gasteiger partial charge on any atom is -1.00 e. The second kappa shape index (κ2) is 21.9. The van der Waals surface area contributed by atoms with Gasteiger partial charge in [-0.2, -0.15) is 4.57 Å². The van der Waals surface area contributed by atoms with Crippen molar-refractivity contribution in [1.29, 1.82) is 0 Å². The van der Waals surface area contributed by atoms with E-state index in [1.165, 1.54) is 103 Å². The molecule has 0 aliphatic rings. The van der Waals surface area contributed by atoms with Crippen molar-refractivity contribution in [3.63, 3.8) is 0 Å². The summed E-state index contributed by atoms with van der Waals surface area (Å²) in [7, 11) is 0. The number of rotatable bonds is 19. The molecule has 1 rings (SSSR count). The van der Waals surface area contributed by atoms with Crippen LogP contribution in [0.25, 0.3) is 0 Å². The Hall–Kier alpha value is -0.410. The molecule has 0 spiro atoms. The maximum absolute atomic E-state index is 5.70. The van der Waals surface area contributed by atoms with Gasteiger partial charge < -0.3 is 21.7 Å². The topological polar surface area (TPSA) is 13.1 Å². The van der Waals surface area contributed by atoms with Crippen LogP contribution in [0.2, 0.25) is 0 Å². The number of nitrogens with zero attached hydrogens (tertiary/aromatic N) is 1. The molecule has 1 aromatic heterocycles. The van der Waals surface area contributed by atoms with Gasteiger partial charge in [-0.3, -0.25) is 0 Å². The Bertz CT molecular complexity index is 385. The van der Waals surface area contributed by atoms with Crippen molar-refractivity contribution in [1.82, 2.24) is 0 Å². The standard InChI is InChI=1S/C24H44NO.BrH/c1-2-3-4-5-6-7-8-9-10-11-12-13-14-15-16-20-23-26-24-25-21-18-17-19-22-25;/h17-19,21-22H,2-16,20,23-24H2,1H3;1H/q+1;/p-1. The fourth-order valence-electron chi connectivity index (χ4n) is 3.44. The van der Waals surface area contributed by atoms with E-state index in [1.54, 1.807) is 0 Å². The third-order valence-electron chi connectivity index (χ3n) is 5.16. The Morgan fingerprint density at radius 3 is 1.41 bits per heavy atom. The highest BCUT2D eigenvalue weighted by atomic mass is 79.9. The summed E-state index contributed by atoms with van der Waals surface area (Å²) in [5, 5.41) is 0. The zero-order chi connectivity index (χ0) is 18.5. The van der Waals surface area contributed by atoms with E-state index >= 15 is 0 Å². The van der Waals surface area contributed by atoms with Gasteiger partial charge in [-0.05, 0) is 6.42 Å². The number of aromatic nitrogens is 1. The van der Waals surface area contributed by atoms with Crippen molar-refractivity contribution in [2.75, 3.05) is 6.61 Å². The Balaban J connectivity index is 0.00000676. The molecule has 0 aliphatic carbocycles. The minimum absolute atomic E-state index is 0. The van der Waals surface area contributed by atoms with Gasteiger partial charge >= 0.3 is 0 Å². The molecule has 0 saturated heterocycles. The predicted molar refractivity (Wildman–Crippen MR) is 112 cm³/mol. The number of unbranched alkanes of at least 4 members (excludes halogenated alkanes) is 15. The molecule has 0 radical (unpaired) electrons. The Labute approximate surface area is 179 Å². The van der Waals surface area contributed by atoms with E-state index in [2.05, 4.69) is 11.5 Å². The molecule has 0 saturated carbocycles. The highest BCUT2D eigenvalue weighted by Crippen LogP contribution is 2.13. The second-order valence-electron chi connectivity index (χ2n) is 7.73. The summed E-state index contributed by atoms with van der Waals surface area (Å²) < 4.78 is 7.78. The first-order chi connectivity index (χ1) is 12.9. The summed E-state index contributed by atoms with van der Waals surface area (Å²) in [5.41, 5.74) is 0. The fraction of sp³-hybridized carbons (Fsp3) is 0.792. The van der Waals surface area contributed by atoms with E-state index < -0.39 is 0 Å². The zero-order valence-electron chi connectivity index (χ0n) is 17.8. The van der Waals surface area contributed by atoms with Gasteiger partial charge in [0.25, 0.3) is 6.73 Å². The molecule has 27 heavy (non-hydrogen) atoms. The van der Waals surface area contributed by atoms with Gasteiger partial charge in [-0.15, -0.1) is 0 Å². The van der Waals surface area contributed by atoms with E-state index in [9.17, 15) is 0 Å². The van der Waals surface area contributed by atoms with Gasteiger partial charge in [-0.1, -0.05) is 109 Å². The highest BCUT2D eigenvalue weighted by molar-refractivity contribution is 4.83. The van der Waals surface area contributed by atoms with Gasteiger partial charge in [0.15, 0.2) is 12.4 Å². The van der Waals surface area contributed by atoms with Crippen molar-refractivity contribution in [2.45, 2.75) is 116 Å². The summed E-state index contributed by atoms with van der Waals surface area (Å²) in [6.07, 6.45) is 26.7. The quantitative estimate of drug-likeness (QED) is 0.231. The third-order valence-corrected chi connectivity index (χ3v) is 5.16. The van der Waals surface area contributed by atoms with E-state index in [0.29, 0.717) is 6.73 Å². The van der Waals surface area contributed by atoms with E-state index in [4.69, 9.17) is 4.74 Å². The molecular weight excluding hydrogens is 398 g/mol. The van der Waals surface area contributed by atoms with Crippen LogP contribution < -0.4 is 21.5 Å². The molecule has 158 valence electrons. The zero-order valence-corrected chi connectivity index (χ0v) is 19.4. The normalized spacial score (nSPS) is 10.7. The largest absolute Gasteiger partial charge is 1.00 e. The average Bonchev–Trinajstić information content (AvgIpc) is 2.68. The first-order valence-electron chi connectivity index (χ1n) is 11.5. The average molecular weight is 443 g/mol. The molecule has 0 bridgehead atoms. The van der Waals surface area contributed by atoms with Crippen LogP contribution >= 0.6 is 0 Å².